The van der Waals surface area contributed by atoms with Crippen LogP contribution in [-0.4, -0.2) is 23.4 Å². The summed E-state index contributed by atoms with van der Waals surface area (Å²) in [6, 6.07) is 6.37. The van der Waals surface area contributed by atoms with E-state index in [2.05, 4.69) is 39.0 Å². The van der Waals surface area contributed by atoms with E-state index in [0.717, 1.165) is 19.3 Å². The fourth-order valence-electron chi connectivity index (χ4n) is 3.52. The quantitative estimate of drug-likeness (QED) is 0.928. The van der Waals surface area contributed by atoms with Crippen LogP contribution in [0.25, 0.3) is 0 Å². The second-order valence-corrected chi connectivity index (χ2v) is 6.95. The summed E-state index contributed by atoms with van der Waals surface area (Å²) in [7, 11) is 1.87. The predicted molar refractivity (Wildman–Crippen MR) is 86.9 cm³/mol. The summed E-state index contributed by atoms with van der Waals surface area (Å²) in [6.07, 6.45) is 3.87. The van der Waals surface area contributed by atoms with Gasteiger partial charge in [-0.2, -0.15) is 0 Å². The number of carbonyl (C=O) groups excluding carboxylic acids is 1. The number of nitrogens with two attached hydrogens (primary N) is 1. The van der Waals surface area contributed by atoms with Gasteiger partial charge in [-0.05, 0) is 43.7 Å². The van der Waals surface area contributed by atoms with Crippen molar-refractivity contribution in [2.75, 3.05) is 7.05 Å². The topological polar surface area (TPSA) is 46.3 Å². The highest BCUT2D eigenvalue weighted by molar-refractivity contribution is 5.86. The van der Waals surface area contributed by atoms with Crippen molar-refractivity contribution in [3.8, 4) is 0 Å². The van der Waals surface area contributed by atoms with Crippen molar-refractivity contribution in [3.05, 3.63) is 34.9 Å². The molecule has 1 saturated carbocycles. The van der Waals surface area contributed by atoms with E-state index in [4.69, 9.17) is 5.73 Å². The Balaban J connectivity index is 2.08. The van der Waals surface area contributed by atoms with Crippen LogP contribution in [0.5, 0.6) is 0 Å². The Morgan fingerprint density at radius 1 is 1.43 bits per heavy atom. The van der Waals surface area contributed by atoms with E-state index < -0.39 is 5.54 Å². The van der Waals surface area contributed by atoms with Crippen LogP contribution in [-0.2, 0) is 11.3 Å². The third-order valence-electron chi connectivity index (χ3n) is 4.71. The fourth-order valence-corrected chi connectivity index (χ4v) is 3.52. The predicted octanol–water partition coefficient (Wildman–Crippen LogP) is 3.17. The minimum Gasteiger partial charge on any atom is -0.340 e. The van der Waals surface area contributed by atoms with E-state index in [1.165, 1.54) is 23.1 Å². The summed E-state index contributed by atoms with van der Waals surface area (Å²) in [5.41, 5.74) is 9.44. The Hall–Kier alpha value is -1.35. The van der Waals surface area contributed by atoms with E-state index in [-0.39, 0.29) is 5.91 Å². The molecule has 0 spiro atoms. The number of hydrogen-bond acceptors (Lipinski definition) is 2. The summed E-state index contributed by atoms with van der Waals surface area (Å²) >= 11 is 0. The Morgan fingerprint density at radius 2 is 2.14 bits per heavy atom. The van der Waals surface area contributed by atoms with Gasteiger partial charge in [0.2, 0.25) is 5.91 Å². The molecule has 0 aromatic heterocycles. The molecule has 2 unspecified atom stereocenters. The first-order chi connectivity index (χ1) is 9.82. The molecule has 3 nitrogen and oxygen atoms in total. The molecule has 2 rings (SSSR count). The van der Waals surface area contributed by atoms with E-state index in [1.54, 1.807) is 4.90 Å². The van der Waals surface area contributed by atoms with Crippen LogP contribution in [0.4, 0.5) is 0 Å². The lowest BCUT2D eigenvalue weighted by atomic mass is 9.76. The molecule has 21 heavy (non-hydrogen) atoms. The molecule has 2 N–H and O–H groups in total. The van der Waals surface area contributed by atoms with Crippen molar-refractivity contribution < 1.29 is 4.79 Å². The van der Waals surface area contributed by atoms with Crippen molar-refractivity contribution >= 4 is 5.91 Å². The number of aryl methyl sites for hydroxylation is 2. The lowest BCUT2D eigenvalue weighted by Gasteiger charge is -2.38. The van der Waals surface area contributed by atoms with Crippen LogP contribution in [0, 0.1) is 19.8 Å². The molecule has 0 aliphatic heterocycles. The number of benzene rings is 1. The van der Waals surface area contributed by atoms with Crippen LogP contribution >= 0.6 is 0 Å². The molecule has 1 aromatic carbocycles. The fraction of sp³-hybridized carbons (Fsp3) is 0.611. The van der Waals surface area contributed by atoms with Crippen LogP contribution < -0.4 is 5.73 Å². The first kappa shape index (κ1) is 16.0. The van der Waals surface area contributed by atoms with Gasteiger partial charge in [0, 0.05) is 13.6 Å². The third kappa shape index (κ3) is 3.65. The minimum atomic E-state index is -0.662. The summed E-state index contributed by atoms with van der Waals surface area (Å²) in [5, 5.41) is 0. The van der Waals surface area contributed by atoms with E-state index in [0.29, 0.717) is 12.5 Å². The van der Waals surface area contributed by atoms with Crippen LogP contribution in [0.3, 0.4) is 0 Å². The van der Waals surface area contributed by atoms with Gasteiger partial charge in [-0.1, -0.05) is 43.5 Å². The maximum Gasteiger partial charge on any atom is 0.242 e. The van der Waals surface area contributed by atoms with Gasteiger partial charge in [0.15, 0.2) is 0 Å². The Labute approximate surface area is 128 Å². The highest BCUT2D eigenvalue weighted by Crippen LogP contribution is 2.32. The molecule has 116 valence electrons. The summed E-state index contributed by atoms with van der Waals surface area (Å²) in [6.45, 7) is 7.02. The van der Waals surface area contributed by atoms with Crippen LogP contribution in [0.15, 0.2) is 18.2 Å². The molecule has 2 atom stereocenters. The smallest absolute Gasteiger partial charge is 0.242 e. The zero-order chi connectivity index (χ0) is 15.6. The lowest BCUT2D eigenvalue weighted by Crippen LogP contribution is -2.56. The first-order valence-corrected chi connectivity index (χ1v) is 7.92. The lowest BCUT2D eigenvalue weighted by molar-refractivity contribution is -0.138. The monoisotopic (exact) mass is 288 g/mol. The standard InChI is InChI=1S/C18H28N2O/c1-13-7-8-16(15(3)10-13)12-20(4)17(21)18(19)9-5-6-14(2)11-18/h7-8,10,14H,5-6,9,11-12,19H2,1-4H3. The number of carbonyl (C=O) groups is 1. The Bertz CT molecular complexity index is 526. The van der Waals surface area contributed by atoms with E-state index in [9.17, 15) is 4.79 Å². The molecule has 3 heteroatoms. The average molecular weight is 288 g/mol. The van der Waals surface area contributed by atoms with Crippen LogP contribution in [0.2, 0.25) is 0 Å². The van der Waals surface area contributed by atoms with Crippen molar-refractivity contribution in [3.63, 3.8) is 0 Å². The largest absolute Gasteiger partial charge is 0.340 e. The number of amides is 1. The Kier molecular flexibility index (Phi) is 4.72. The summed E-state index contributed by atoms with van der Waals surface area (Å²) < 4.78 is 0. The first-order valence-electron chi connectivity index (χ1n) is 7.92. The highest BCUT2D eigenvalue weighted by Gasteiger charge is 2.39. The van der Waals surface area contributed by atoms with Crippen molar-refractivity contribution in [2.24, 2.45) is 11.7 Å². The minimum absolute atomic E-state index is 0.0917. The van der Waals surface area contributed by atoms with Gasteiger partial charge in [0.1, 0.15) is 0 Å². The molecule has 1 aromatic rings. The van der Waals surface area contributed by atoms with Crippen molar-refractivity contribution in [1.29, 1.82) is 0 Å². The molecule has 0 bridgehead atoms. The number of hydrogen-bond donors (Lipinski definition) is 1. The molecular weight excluding hydrogens is 260 g/mol. The Morgan fingerprint density at radius 3 is 2.76 bits per heavy atom. The molecule has 0 radical (unpaired) electrons. The molecule has 1 aliphatic carbocycles. The molecule has 0 heterocycles. The number of likely N-dealkylation sites (N-methyl/N-ethyl adjacent to an activating group) is 1. The van der Waals surface area contributed by atoms with Crippen LogP contribution in [0.1, 0.15) is 49.3 Å². The molecule has 1 fully saturated rings. The van der Waals surface area contributed by atoms with Crippen molar-refractivity contribution in [1.82, 2.24) is 4.90 Å². The maximum absolute atomic E-state index is 12.7. The summed E-state index contributed by atoms with van der Waals surface area (Å²) in [4.78, 5) is 14.6. The van der Waals surface area contributed by atoms with Gasteiger partial charge in [0.25, 0.3) is 0 Å². The van der Waals surface area contributed by atoms with Gasteiger partial charge in [-0.25, -0.2) is 0 Å². The number of rotatable bonds is 3. The highest BCUT2D eigenvalue weighted by atomic mass is 16.2. The van der Waals surface area contributed by atoms with Gasteiger partial charge >= 0.3 is 0 Å². The number of nitrogens with zero attached hydrogens (tertiary/aromatic N) is 1. The second-order valence-electron chi connectivity index (χ2n) is 6.95. The maximum atomic E-state index is 12.7. The van der Waals surface area contributed by atoms with Gasteiger partial charge in [0.05, 0.1) is 5.54 Å². The second kappa shape index (κ2) is 6.18. The molecule has 0 saturated heterocycles. The van der Waals surface area contributed by atoms with Crippen molar-refractivity contribution in [2.45, 2.75) is 58.5 Å². The molecular formula is C18H28N2O. The zero-order valence-corrected chi connectivity index (χ0v) is 13.8. The molecule has 1 amide bonds. The van der Waals surface area contributed by atoms with Gasteiger partial charge < -0.3 is 10.6 Å². The summed E-state index contributed by atoms with van der Waals surface area (Å²) in [5.74, 6) is 0.635. The van der Waals surface area contributed by atoms with E-state index >= 15 is 0 Å². The zero-order valence-electron chi connectivity index (χ0n) is 13.8. The van der Waals surface area contributed by atoms with Gasteiger partial charge in [-0.15, -0.1) is 0 Å². The third-order valence-corrected chi connectivity index (χ3v) is 4.71. The SMILES string of the molecule is Cc1ccc(CN(C)C(=O)C2(N)CCCC(C)C2)c(C)c1. The normalized spacial score (nSPS) is 25.7. The average Bonchev–Trinajstić information content (AvgIpc) is 2.40. The van der Waals surface area contributed by atoms with E-state index in [1.807, 2.05) is 7.05 Å². The van der Waals surface area contributed by atoms with Gasteiger partial charge in [-0.3, -0.25) is 4.79 Å². The molecule has 1 aliphatic rings.